The Balaban J connectivity index is 1.70. The van der Waals surface area contributed by atoms with Crippen LogP contribution in [0.1, 0.15) is 36.9 Å². The molecule has 3 unspecified atom stereocenters. The van der Waals surface area contributed by atoms with Crippen molar-refractivity contribution < 1.29 is 9.47 Å². The zero-order valence-corrected chi connectivity index (χ0v) is 10.9. The van der Waals surface area contributed by atoms with Crippen LogP contribution in [0.2, 0.25) is 0 Å². The molecule has 1 fully saturated rings. The molecule has 3 atom stereocenters. The summed E-state index contributed by atoms with van der Waals surface area (Å²) in [5.74, 6) is 0. The van der Waals surface area contributed by atoms with Crippen molar-refractivity contribution in [2.24, 2.45) is 0 Å². The number of fused-ring (bicyclic) bond motifs is 1. The van der Waals surface area contributed by atoms with Crippen LogP contribution in [0.4, 0.5) is 0 Å². The normalized spacial score (nSPS) is 28.9. The first-order valence-corrected chi connectivity index (χ1v) is 6.88. The van der Waals surface area contributed by atoms with Gasteiger partial charge in [0.15, 0.2) is 0 Å². The Kier molecular flexibility index (Phi) is 3.64. The lowest BCUT2D eigenvalue weighted by molar-refractivity contribution is 0.0517. The number of ether oxygens (including phenoxy) is 2. The van der Waals surface area contributed by atoms with Crippen LogP contribution in [0.5, 0.6) is 0 Å². The van der Waals surface area contributed by atoms with Gasteiger partial charge in [0.05, 0.1) is 25.4 Å². The first kappa shape index (κ1) is 12.2. The summed E-state index contributed by atoms with van der Waals surface area (Å²) in [7, 11) is 0. The van der Waals surface area contributed by atoms with E-state index < -0.39 is 0 Å². The zero-order chi connectivity index (χ0) is 12.4. The minimum Gasteiger partial charge on any atom is -0.377 e. The fourth-order valence-electron chi connectivity index (χ4n) is 2.94. The molecule has 18 heavy (non-hydrogen) atoms. The molecule has 0 aromatic heterocycles. The Bertz CT molecular complexity index is 401. The molecule has 1 N–H and O–H groups in total. The van der Waals surface area contributed by atoms with Crippen LogP contribution in [-0.2, 0) is 16.1 Å². The molecule has 0 saturated carbocycles. The molecule has 1 aromatic rings. The highest BCUT2D eigenvalue weighted by Crippen LogP contribution is 2.26. The van der Waals surface area contributed by atoms with Crippen LogP contribution in [0, 0.1) is 0 Å². The second-order valence-corrected chi connectivity index (χ2v) is 5.27. The van der Waals surface area contributed by atoms with Gasteiger partial charge in [-0.05, 0) is 30.9 Å². The van der Waals surface area contributed by atoms with Crippen LogP contribution in [0.25, 0.3) is 0 Å². The molecule has 0 amide bonds. The maximum absolute atomic E-state index is 5.74. The maximum atomic E-state index is 5.74. The summed E-state index contributed by atoms with van der Waals surface area (Å²) >= 11 is 0. The average molecular weight is 247 g/mol. The minimum atomic E-state index is 0.300. The molecule has 3 heteroatoms. The third-order valence-electron chi connectivity index (χ3n) is 3.96. The third kappa shape index (κ3) is 2.44. The van der Waals surface area contributed by atoms with Crippen molar-refractivity contribution in [3.8, 4) is 0 Å². The van der Waals surface area contributed by atoms with Gasteiger partial charge in [-0.1, -0.05) is 24.3 Å². The maximum Gasteiger partial charge on any atom is 0.0726 e. The van der Waals surface area contributed by atoms with E-state index in [1.54, 1.807) is 0 Å². The highest BCUT2D eigenvalue weighted by Gasteiger charge is 2.27. The van der Waals surface area contributed by atoms with Crippen molar-refractivity contribution >= 4 is 0 Å². The fourth-order valence-corrected chi connectivity index (χ4v) is 2.94. The molecule has 1 saturated heterocycles. The summed E-state index contributed by atoms with van der Waals surface area (Å²) < 4.78 is 11.4. The molecule has 0 bridgehead atoms. The lowest BCUT2D eigenvalue weighted by Crippen LogP contribution is -2.42. The molecule has 2 heterocycles. The van der Waals surface area contributed by atoms with Crippen molar-refractivity contribution in [3.63, 3.8) is 0 Å². The Morgan fingerprint density at radius 2 is 2.22 bits per heavy atom. The van der Waals surface area contributed by atoms with Crippen molar-refractivity contribution in [2.75, 3.05) is 13.2 Å². The first-order chi connectivity index (χ1) is 8.84. The van der Waals surface area contributed by atoms with Gasteiger partial charge in [0.1, 0.15) is 0 Å². The van der Waals surface area contributed by atoms with Gasteiger partial charge < -0.3 is 14.8 Å². The van der Waals surface area contributed by atoms with Gasteiger partial charge in [-0.2, -0.15) is 0 Å². The minimum absolute atomic E-state index is 0.300. The monoisotopic (exact) mass is 247 g/mol. The van der Waals surface area contributed by atoms with Crippen LogP contribution >= 0.6 is 0 Å². The summed E-state index contributed by atoms with van der Waals surface area (Å²) in [4.78, 5) is 0. The molecular weight excluding hydrogens is 226 g/mol. The van der Waals surface area contributed by atoms with Crippen LogP contribution in [0.3, 0.4) is 0 Å². The van der Waals surface area contributed by atoms with Crippen molar-refractivity contribution in [1.82, 2.24) is 5.32 Å². The number of hydrogen-bond donors (Lipinski definition) is 1. The number of nitrogens with one attached hydrogen (secondary N) is 1. The van der Waals surface area contributed by atoms with E-state index in [0.29, 0.717) is 18.2 Å². The van der Waals surface area contributed by atoms with Crippen LogP contribution in [-0.4, -0.2) is 25.4 Å². The van der Waals surface area contributed by atoms with E-state index >= 15 is 0 Å². The molecule has 98 valence electrons. The highest BCUT2D eigenvalue weighted by molar-refractivity contribution is 5.31. The number of rotatable bonds is 3. The van der Waals surface area contributed by atoms with Crippen LogP contribution < -0.4 is 5.32 Å². The topological polar surface area (TPSA) is 30.5 Å². The molecule has 0 aliphatic carbocycles. The lowest BCUT2D eigenvalue weighted by atomic mass is 9.97. The SMILES string of the molecule is CC(NC1COCc2ccccc21)C1CCCO1. The predicted octanol–water partition coefficient (Wildman–Crippen LogP) is 2.42. The van der Waals surface area contributed by atoms with Crippen molar-refractivity contribution in [1.29, 1.82) is 0 Å². The molecular formula is C15H21NO2. The Morgan fingerprint density at radius 3 is 3.06 bits per heavy atom. The van der Waals surface area contributed by atoms with E-state index in [4.69, 9.17) is 9.47 Å². The van der Waals surface area contributed by atoms with Crippen molar-refractivity contribution in [2.45, 2.75) is 44.6 Å². The Hall–Kier alpha value is -0.900. The third-order valence-corrected chi connectivity index (χ3v) is 3.96. The molecule has 0 spiro atoms. The lowest BCUT2D eigenvalue weighted by Gasteiger charge is -2.31. The Morgan fingerprint density at radius 1 is 1.33 bits per heavy atom. The number of benzene rings is 1. The van der Waals surface area contributed by atoms with Gasteiger partial charge in [-0.3, -0.25) is 0 Å². The van der Waals surface area contributed by atoms with Gasteiger partial charge >= 0.3 is 0 Å². The molecule has 2 aliphatic rings. The summed E-state index contributed by atoms with van der Waals surface area (Å²) in [6.45, 7) is 4.62. The van der Waals surface area contributed by atoms with Gasteiger partial charge in [-0.15, -0.1) is 0 Å². The summed E-state index contributed by atoms with van der Waals surface area (Å²) in [6.07, 6.45) is 2.72. The second-order valence-electron chi connectivity index (χ2n) is 5.27. The molecule has 3 rings (SSSR count). The van der Waals surface area contributed by atoms with Crippen molar-refractivity contribution in [3.05, 3.63) is 35.4 Å². The quantitative estimate of drug-likeness (QED) is 0.889. The summed E-state index contributed by atoms with van der Waals surface area (Å²) in [5, 5.41) is 3.67. The highest BCUT2D eigenvalue weighted by atomic mass is 16.5. The molecule has 2 aliphatic heterocycles. The molecule has 1 aromatic carbocycles. The zero-order valence-electron chi connectivity index (χ0n) is 10.9. The van der Waals surface area contributed by atoms with E-state index in [9.17, 15) is 0 Å². The average Bonchev–Trinajstić information content (AvgIpc) is 2.93. The molecule has 3 nitrogen and oxygen atoms in total. The van der Waals surface area contributed by atoms with Gasteiger partial charge in [0.25, 0.3) is 0 Å². The van der Waals surface area contributed by atoms with Gasteiger partial charge in [0, 0.05) is 12.6 Å². The van der Waals surface area contributed by atoms with Gasteiger partial charge in [0.2, 0.25) is 0 Å². The second kappa shape index (κ2) is 5.39. The molecule has 0 radical (unpaired) electrons. The smallest absolute Gasteiger partial charge is 0.0726 e. The largest absolute Gasteiger partial charge is 0.377 e. The number of hydrogen-bond acceptors (Lipinski definition) is 3. The summed E-state index contributed by atoms with van der Waals surface area (Å²) in [6, 6.07) is 9.22. The van der Waals surface area contributed by atoms with Gasteiger partial charge in [-0.25, -0.2) is 0 Å². The fraction of sp³-hybridized carbons (Fsp3) is 0.600. The summed E-state index contributed by atoms with van der Waals surface area (Å²) in [5.41, 5.74) is 2.69. The van der Waals surface area contributed by atoms with E-state index in [2.05, 4.69) is 36.5 Å². The first-order valence-electron chi connectivity index (χ1n) is 6.88. The standard InChI is InChI=1S/C15H21NO2/c1-11(15-7-4-8-18-15)16-14-10-17-9-12-5-2-3-6-13(12)14/h2-3,5-6,11,14-16H,4,7-10H2,1H3. The van der Waals surface area contributed by atoms with E-state index in [-0.39, 0.29) is 0 Å². The van der Waals surface area contributed by atoms with E-state index in [1.807, 2.05) is 0 Å². The Labute approximate surface area is 108 Å². The van der Waals surface area contributed by atoms with E-state index in [0.717, 1.165) is 19.8 Å². The predicted molar refractivity (Wildman–Crippen MR) is 70.4 cm³/mol. The van der Waals surface area contributed by atoms with E-state index in [1.165, 1.54) is 24.0 Å². The van der Waals surface area contributed by atoms with Crippen LogP contribution in [0.15, 0.2) is 24.3 Å².